The van der Waals surface area contributed by atoms with Gasteiger partial charge in [0.25, 0.3) is 5.91 Å². The summed E-state index contributed by atoms with van der Waals surface area (Å²) in [7, 11) is 0. The molecule has 0 bridgehead atoms. The van der Waals surface area contributed by atoms with Gasteiger partial charge in [-0.25, -0.2) is 14.6 Å². The van der Waals surface area contributed by atoms with Crippen LogP contribution in [0, 0.1) is 0 Å². The number of hydrogen-bond donors (Lipinski definition) is 1. The van der Waals surface area contributed by atoms with E-state index in [0.717, 1.165) is 10.9 Å². The Morgan fingerprint density at radius 1 is 0.914 bits per heavy atom. The number of esters is 1. The number of anilines is 1. The molecule has 0 aliphatic heterocycles. The molecule has 10 nitrogen and oxygen atoms in total. The molecule has 0 saturated carbocycles. The van der Waals surface area contributed by atoms with Gasteiger partial charge >= 0.3 is 12.1 Å². The van der Waals surface area contributed by atoms with Crippen molar-refractivity contribution >= 4 is 34.8 Å². The maximum atomic E-state index is 13.0. The fourth-order valence-electron chi connectivity index (χ4n) is 3.27. The Balaban J connectivity index is 1.64. The lowest BCUT2D eigenvalue weighted by Crippen LogP contribution is -2.18. The van der Waals surface area contributed by atoms with Gasteiger partial charge in [0.05, 0.1) is 24.9 Å². The highest BCUT2D eigenvalue weighted by molar-refractivity contribution is 6.07. The molecule has 1 N–H and O–H groups in total. The third-order valence-electron chi connectivity index (χ3n) is 4.88. The molecular formula is C25H22N4O6. The first-order valence-corrected chi connectivity index (χ1v) is 10.9. The summed E-state index contributed by atoms with van der Waals surface area (Å²) in [5.74, 6) is -0.401. The first-order chi connectivity index (χ1) is 17.0. The van der Waals surface area contributed by atoms with E-state index in [1.54, 1.807) is 19.9 Å². The van der Waals surface area contributed by atoms with E-state index in [0.29, 0.717) is 5.82 Å². The average molecular weight is 474 g/mol. The first-order valence-electron chi connectivity index (χ1n) is 10.9. The molecule has 1 amide bonds. The molecule has 0 atom stereocenters. The van der Waals surface area contributed by atoms with E-state index in [1.807, 2.05) is 30.3 Å². The fraction of sp³-hybridized carbons (Fsp3) is 0.160. The molecule has 4 aromatic rings. The van der Waals surface area contributed by atoms with E-state index < -0.39 is 18.0 Å². The monoisotopic (exact) mass is 474 g/mol. The summed E-state index contributed by atoms with van der Waals surface area (Å²) < 4.78 is 16.2. The van der Waals surface area contributed by atoms with Crippen LogP contribution in [0.3, 0.4) is 0 Å². The summed E-state index contributed by atoms with van der Waals surface area (Å²) in [6.07, 6.45) is 0.483. The molecular weight excluding hydrogens is 452 g/mol. The average Bonchev–Trinajstić information content (AvgIpc) is 3.28. The maximum absolute atomic E-state index is 13.0. The van der Waals surface area contributed by atoms with Gasteiger partial charge in [-0.1, -0.05) is 18.2 Å². The second-order valence-electron chi connectivity index (χ2n) is 7.16. The standard InChI is InChI=1S/C25H22N4O6/c1-3-33-24(31)19-15-26-29(21-14-11-16-7-5-6-8-20(16)27-21)22(19)28-23(30)17-9-12-18(13-10-17)35-25(32)34-4-2/h5-15H,3-4H2,1-2H3,(H,28,30). The molecule has 0 unspecified atom stereocenters. The smallest absolute Gasteiger partial charge is 0.462 e. The quantitative estimate of drug-likeness (QED) is 0.309. The molecule has 0 fully saturated rings. The van der Waals surface area contributed by atoms with Crippen molar-refractivity contribution in [2.24, 2.45) is 0 Å². The Hall–Kier alpha value is -4.73. The Morgan fingerprint density at radius 2 is 1.66 bits per heavy atom. The van der Waals surface area contributed by atoms with Gasteiger partial charge < -0.3 is 19.5 Å². The molecule has 10 heteroatoms. The minimum Gasteiger partial charge on any atom is -0.462 e. The fourth-order valence-corrected chi connectivity index (χ4v) is 3.27. The number of pyridine rings is 1. The molecule has 4 rings (SSSR count). The number of nitrogens with one attached hydrogen (secondary N) is 1. The van der Waals surface area contributed by atoms with Crippen LogP contribution >= 0.6 is 0 Å². The number of ether oxygens (including phenoxy) is 3. The molecule has 178 valence electrons. The minimum atomic E-state index is -0.837. The van der Waals surface area contributed by atoms with Crippen molar-refractivity contribution in [1.29, 1.82) is 0 Å². The van der Waals surface area contributed by atoms with Gasteiger partial charge in [-0.2, -0.15) is 9.78 Å². The summed E-state index contributed by atoms with van der Waals surface area (Å²) in [4.78, 5) is 41.6. The zero-order valence-corrected chi connectivity index (χ0v) is 19.1. The van der Waals surface area contributed by atoms with Crippen LogP contribution in [0.5, 0.6) is 5.75 Å². The number of aromatic nitrogens is 3. The number of carbonyl (C=O) groups is 3. The van der Waals surface area contributed by atoms with Gasteiger partial charge in [0.1, 0.15) is 11.3 Å². The van der Waals surface area contributed by atoms with Crippen molar-refractivity contribution in [3.63, 3.8) is 0 Å². The minimum absolute atomic E-state index is 0.0809. The van der Waals surface area contributed by atoms with Gasteiger partial charge in [0, 0.05) is 10.9 Å². The molecule has 0 radical (unpaired) electrons. The first kappa shape index (κ1) is 23.4. The number of carbonyl (C=O) groups excluding carboxylic acids is 3. The van der Waals surface area contributed by atoms with Gasteiger partial charge in [-0.15, -0.1) is 0 Å². The van der Waals surface area contributed by atoms with Gasteiger partial charge in [0.15, 0.2) is 11.6 Å². The van der Waals surface area contributed by atoms with Crippen molar-refractivity contribution in [2.45, 2.75) is 13.8 Å². The number of hydrogen-bond acceptors (Lipinski definition) is 8. The number of nitrogens with zero attached hydrogens (tertiary/aromatic N) is 3. The second kappa shape index (κ2) is 10.5. The summed E-state index contributed by atoms with van der Waals surface area (Å²) in [5, 5.41) is 7.94. The van der Waals surface area contributed by atoms with Crippen LogP contribution in [-0.4, -0.2) is 46.0 Å². The zero-order chi connectivity index (χ0) is 24.8. The Labute approximate surface area is 200 Å². The van der Waals surface area contributed by atoms with Crippen LogP contribution in [0.15, 0.2) is 66.9 Å². The van der Waals surface area contributed by atoms with Crippen LogP contribution in [0.1, 0.15) is 34.6 Å². The molecule has 2 aromatic heterocycles. The number of benzene rings is 2. The van der Waals surface area contributed by atoms with E-state index in [-0.39, 0.29) is 35.9 Å². The molecule has 0 aliphatic rings. The Bertz CT molecular complexity index is 1380. The number of para-hydroxylation sites is 1. The summed E-state index contributed by atoms with van der Waals surface area (Å²) in [6, 6.07) is 17.0. The molecule has 2 aromatic carbocycles. The van der Waals surface area contributed by atoms with Crippen molar-refractivity contribution in [3.05, 3.63) is 78.0 Å². The predicted octanol–water partition coefficient (Wildman–Crippen LogP) is 4.38. The third-order valence-corrected chi connectivity index (χ3v) is 4.88. The lowest BCUT2D eigenvalue weighted by atomic mass is 10.2. The van der Waals surface area contributed by atoms with Gasteiger partial charge in [-0.05, 0) is 56.3 Å². The van der Waals surface area contributed by atoms with Crippen molar-refractivity contribution < 1.29 is 28.6 Å². The highest BCUT2D eigenvalue weighted by Crippen LogP contribution is 2.23. The number of rotatable bonds is 7. The molecule has 35 heavy (non-hydrogen) atoms. The lowest BCUT2D eigenvalue weighted by molar-refractivity contribution is 0.0527. The van der Waals surface area contributed by atoms with Crippen molar-refractivity contribution in [1.82, 2.24) is 14.8 Å². The number of amides is 1. The second-order valence-corrected chi connectivity index (χ2v) is 7.16. The van der Waals surface area contributed by atoms with E-state index in [4.69, 9.17) is 14.2 Å². The largest absolute Gasteiger partial charge is 0.513 e. The normalized spacial score (nSPS) is 10.6. The molecule has 0 spiro atoms. The highest BCUT2D eigenvalue weighted by atomic mass is 16.7. The van der Waals surface area contributed by atoms with Gasteiger partial charge in [0.2, 0.25) is 0 Å². The van der Waals surface area contributed by atoms with Crippen LogP contribution in [0.2, 0.25) is 0 Å². The van der Waals surface area contributed by atoms with Gasteiger partial charge in [-0.3, -0.25) is 4.79 Å². The lowest BCUT2D eigenvalue weighted by Gasteiger charge is -2.11. The highest BCUT2D eigenvalue weighted by Gasteiger charge is 2.23. The van der Waals surface area contributed by atoms with Crippen LogP contribution < -0.4 is 10.1 Å². The Morgan fingerprint density at radius 3 is 2.40 bits per heavy atom. The summed E-state index contributed by atoms with van der Waals surface area (Å²) in [5.41, 5.74) is 1.07. The molecule has 0 saturated heterocycles. The third kappa shape index (κ3) is 5.27. The predicted molar refractivity (Wildman–Crippen MR) is 127 cm³/mol. The van der Waals surface area contributed by atoms with E-state index in [9.17, 15) is 14.4 Å². The van der Waals surface area contributed by atoms with Crippen LogP contribution in [0.4, 0.5) is 10.6 Å². The summed E-state index contributed by atoms with van der Waals surface area (Å²) >= 11 is 0. The molecule has 0 aliphatic carbocycles. The summed E-state index contributed by atoms with van der Waals surface area (Å²) in [6.45, 7) is 3.69. The number of fused-ring (bicyclic) bond motifs is 1. The van der Waals surface area contributed by atoms with Crippen molar-refractivity contribution in [3.8, 4) is 11.6 Å². The van der Waals surface area contributed by atoms with Crippen molar-refractivity contribution in [2.75, 3.05) is 18.5 Å². The van der Waals surface area contributed by atoms with Crippen LogP contribution in [0.25, 0.3) is 16.7 Å². The van der Waals surface area contributed by atoms with E-state index >= 15 is 0 Å². The van der Waals surface area contributed by atoms with Crippen LogP contribution in [-0.2, 0) is 9.47 Å². The maximum Gasteiger partial charge on any atom is 0.513 e. The molecule has 2 heterocycles. The Kier molecular flexibility index (Phi) is 7.01. The van der Waals surface area contributed by atoms with E-state index in [1.165, 1.54) is 35.1 Å². The SMILES string of the molecule is CCOC(=O)Oc1ccc(C(=O)Nc2c(C(=O)OCC)cnn2-c2ccc3ccccc3n2)cc1. The topological polar surface area (TPSA) is 122 Å². The zero-order valence-electron chi connectivity index (χ0n) is 19.1. The van der Waals surface area contributed by atoms with E-state index in [2.05, 4.69) is 15.4 Å².